The molecule has 2 aromatic rings. The number of Topliss-reactive ketones (excluding diaryl/α,β-unsaturated/α-hetero) is 1. The molecule has 0 radical (unpaired) electrons. The maximum atomic E-state index is 13.8. The van der Waals surface area contributed by atoms with E-state index in [2.05, 4.69) is 0 Å². The molecule has 3 aliphatic rings. The number of ketones is 1. The maximum absolute atomic E-state index is 13.8. The van der Waals surface area contributed by atoms with Gasteiger partial charge in [-0.1, -0.05) is 18.2 Å². The van der Waals surface area contributed by atoms with Crippen molar-refractivity contribution < 1.29 is 23.7 Å². The summed E-state index contributed by atoms with van der Waals surface area (Å²) in [5, 5.41) is 20.5. The Bertz CT molecular complexity index is 1380. The van der Waals surface area contributed by atoms with E-state index in [-0.39, 0.29) is 22.5 Å². The summed E-state index contributed by atoms with van der Waals surface area (Å²) in [5.74, 6) is -4.58. The normalized spacial score (nSPS) is 25.0. The molecule has 0 spiro atoms. The molecule has 0 saturated carbocycles. The zero-order valence-electron chi connectivity index (χ0n) is 17.4. The van der Waals surface area contributed by atoms with Crippen LogP contribution in [0.1, 0.15) is 10.4 Å². The number of carbonyl (C=O) groups is 3. The van der Waals surface area contributed by atoms with Gasteiger partial charge in [-0.15, -0.1) is 0 Å². The summed E-state index contributed by atoms with van der Waals surface area (Å²) in [6.07, 6.45) is 4.50. The molecule has 9 nitrogen and oxygen atoms in total. The molecule has 10 heteroatoms. The SMILES string of the molecule is N#CC1=C[C@@H]2[C@H]3C(=O)N(c4cccc(F)c4)C(=O)[C@H]3[C@H](C(=O)c3cccc([N+](=O)[O-])c3)N2C=C1. The van der Waals surface area contributed by atoms with Crippen molar-refractivity contribution in [2.24, 2.45) is 11.8 Å². The number of nitro benzene ring substituents is 1. The Hall–Kier alpha value is -4.65. The minimum absolute atomic E-state index is 0.0199. The third kappa shape index (κ3) is 3.09. The Balaban J connectivity index is 1.61. The molecule has 4 atom stereocenters. The molecule has 3 heterocycles. The highest BCUT2D eigenvalue weighted by molar-refractivity contribution is 6.24. The van der Waals surface area contributed by atoms with Crippen molar-refractivity contribution in [2.45, 2.75) is 12.1 Å². The second-order valence-corrected chi connectivity index (χ2v) is 8.15. The molecule has 2 aromatic carbocycles. The van der Waals surface area contributed by atoms with Crippen molar-refractivity contribution in [3.63, 3.8) is 0 Å². The van der Waals surface area contributed by atoms with E-state index in [0.717, 1.165) is 17.0 Å². The van der Waals surface area contributed by atoms with Crippen LogP contribution in [0.3, 0.4) is 0 Å². The molecule has 2 fully saturated rings. The number of rotatable bonds is 4. The van der Waals surface area contributed by atoms with E-state index in [1.165, 1.54) is 54.8 Å². The summed E-state index contributed by atoms with van der Waals surface area (Å²) in [6.45, 7) is 0. The molecule has 5 rings (SSSR count). The van der Waals surface area contributed by atoms with Crippen LogP contribution in [0, 0.1) is 39.1 Å². The molecular weight excluding hydrogens is 443 g/mol. The fourth-order valence-electron chi connectivity index (χ4n) is 4.93. The molecule has 2 saturated heterocycles. The van der Waals surface area contributed by atoms with Crippen molar-refractivity contribution >= 4 is 29.0 Å². The second-order valence-electron chi connectivity index (χ2n) is 8.15. The van der Waals surface area contributed by atoms with Gasteiger partial charge >= 0.3 is 0 Å². The van der Waals surface area contributed by atoms with Gasteiger partial charge in [-0.25, -0.2) is 9.29 Å². The lowest BCUT2D eigenvalue weighted by Crippen LogP contribution is -2.46. The number of hydrogen-bond donors (Lipinski definition) is 0. The predicted octanol–water partition coefficient (Wildman–Crippen LogP) is 2.75. The first kappa shape index (κ1) is 21.2. The Morgan fingerprint density at radius 3 is 2.53 bits per heavy atom. The van der Waals surface area contributed by atoms with Crippen LogP contribution < -0.4 is 4.90 Å². The van der Waals surface area contributed by atoms with Crippen LogP contribution in [0.25, 0.3) is 0 Å². The molecule has 0 aromatic heterocycles. The Kier molecular flexibility index (Phi) is 4.83. The van der Waals surface area contributed by atoms with Crippen LogP contribution in [-0.4, -0.2) is 39.5 Å². The number of nitrogens with zero attached hydrogens (tertiary/aromatic N) is 4. The van der Waals surface area contributed by atoms with E-state index >= 15 is 0 Å². The number of benzene rings is 2. The van der Waals surface area contributed by atoms with E-state index in [0.29, 0.717) is 0 Å². The van der Waals surface area contributed by atoms with Gasteiger partial charge in [-0.3, -0.25) is 24.5 Å². The second kappa shape index (κ2) is 7.74. The summed E-state index contributed by atoms with van der Waals surface area (Å²) in [7, 11) is 0. The summed E-state index contributed by atoms with van der Waals surface area (Å²) >= 11 is 0. The number of imide groups is 1. The van der Waals surface area contributed by atoms with E-state index in [1.54, 1.807) is 4.90 Å². The summed E-state index contributed by atoms with van der Waals surface area (Å²) in [4.78, 5) is 53.5. The highest BCUT2D eigenvalue weighted by atomic mass is 19.1. The van der Waals surface area contributed by atoms with Gasteiger partial charge in [0.25, 0.3) is 5.69 Å². The van der Waals surface area contributed by atoms with Gasteiger partial charge in [-0.2, -0.15) is 5.26 Å². The first-order valence-electron chi connectivity index (χ1n) is 10.3. The number of halogens is 1. The zero-order valence-corrected chi connectivity index (χ0v) is 17.4. The fourth-order valence-corrected chi connectivity index (χ4v) is 4.93. The van der Waals surface area contributed by atoms with Crippen LogP contribution >= 0.6 is 0 Å². The van der Waals surface area contributed by atoms with Crippen molar-refractivity contribution in [3.05, 3.63) is 94.0 Å². The highest BCUT2D eigenvalue weighted by Crippen LogP contribution is 2.47. The third-order valence-electron chi connectivity index (χ3n) is 6.35. The molecule has 0 N–H and O–H groups in total. The largest absolute Gasteiger partial charge is 0.359 e. The summed E-state index contributed by atoms with van der Waals surface area (Å²) in [6, 6.07) is 10.3. The topological polar surface area (TPSA) is 125 Å². The molecular formula is C24H15FN4O5. The summed E-state index contributed by atoms with van der Waals surface area (Å²) in [5.41, 5.74) is 0.0563. The van der Waals surface area contributed by atoms with Crippen LogP contribution in [0.4, 0.5) is 15.8 Å². The number of hydrogen-bond acceptors (Lipinski definition) is 7. The van der Waals surface area contributed by atoms with E-state index in [4.69, 9.17) is 0 Å². The quantitative estimate of drug-likeness (QED) is 0.299. The molecule has 0 aliphatic carbocycles. The number of allylic oxidation sites excluding steroid dienone is 2. The number of nitro groups is 1. The number of nitriles is 1. The maximum Gasteiger partial charge on any atom is 0.270 e. The average Bonchev–Trinajstić information content (AvgIpc) is 3.30. The van der Waals surface area contributed by atoms with Gasteiger partial charge in [0, 0.05) is 23.9 Å². The van der Waals surface area contributed by atoms with E-state index in [1.807, 2.05) is 6.07 Å². The highest BCUT2D eigenvalue weighted by Gasteiger charge is 2.63. The van der Waals surface area contributed by atoms with Crippen molar-refractivity contribution in [1.82, 2.24) is 4.90 Å². The number of carbonyl (C=O) groups excluding carboxylic acids is 3. The zero-order chi connectivity index (χ0) is 24.1. The Morgan fingerprint density at radius 1 is 1.09 bits per heavy atom. The molecule has 0 unspecified atom stereocenters. The fraction of sp³-hybridized carbons (Fsp3) is 0.167. The number of non-ortho nitro benzene ring substituents is 1. The average molecular weight is 458 g/mol. The first-order valence-corrected chi connectivity index (χ1v) is 10.3. The standard InChI is InChI=1S/C24H15FN4O5/c25-15-4-2-5-16(11-15)28-23(31)19-18-9-13(12-26)7-8-27(18)21(20(19)24(28)32)22(30)14-3-1-6-17(10-14)29(33)34/h1-11,18-21H/t18-,19-,20-,21-/m1/s1. The van der Waals surface area contributed by atoms with E-state index < -0.39 is 52.3 Å². The molecule has 2 amide bonds. The monoisotopic (exact) mass is 458 g/mol. The first-order chi connectivity index (χ1) is 16.3. The van der Waals surface area contributed by atoms with Gasteiger partial charge in [0.05, 0.1) is 40.1 Å². The molecule has 34 heavy (non-hydrogen) atoms. The van der Waals surface area contributed by atoms with Crippen LogP contribution in [-0.2, 0) is 9.59 Å². The smallest absolute Gasteiger partial charge is 0.270 e. The van der Waals surface area contributed by atoms with E-state index in [9.17, 15) is 34.2 Å². The minimum Gasteiger partial charge on any atom is -0.359 e. The van der Waals surface area contributed by atoms with Gasteiger partial charge < -0.3 is 4.90 Å². The van der Waals surface area contributed by atoms with Crippen molar-refractivity contribution in [2.75, 3.05) is 4.90 Å². The van der Waals surface area contributed by atoms with Crippen LogP contribution in [0.2, 0.25) is 0 Å². The lowest BCUT2D eigenvalue weighted by molar-refractivity contribution is -0.384. The molecule has 168 valence electrons. The predicted molar refractivity (Wildman–Crippen MR) is 116 cm³/mol. The Morgan fingerprint density at radius 2 is 1.82 bits per heavy atom. The third-order valence-corrected chi connectivity index (χ3v) is 6.35. The van der Waals surface area contributed by atoms with Crippen molar-refractivity contribution in [3.8, 4) is 6.07 Å². The van der Waals surface area contributed by atoms with Crippen LogP contribution in [0.15, 0.2) is 72.5 Å². The number of fused-ring (bicyclic) bond motifs is 3. The lowest BCUT2D eigenvalue weighted by Gasteiger charge is -2.32. The van der Waals surface area contributed by atoms with Crippen LogP contribution in [0.5, 0.6) is 0 Å². The van der Waals surface area contributed by atoms with Gasteiger partial charge in [0.1, 0.15) is 11.9 Å². The number of amides is 2. The van der Waals surface area contributed by atoms with Crippen molar-refractivity contribution in [1.29, 1.82) is 5.26 Å². The van der Waals surface area contributed by atoms with Gasteiger partial charge in [0.15, 0.2) is 5.78 Å². The summed E-state index contributed by atoms with van der Waals surface area (Å²) < 4.78 is 13.8. The lowest BCUT2D eigenvalue weighted by atomic mass is 9.86. The van der Waals surface area contributed by atoms with Gasteiger partial charge in [0.2, 0.25) is 11.8 Å². The minimum atomic E-state index is -1.14. The molecule has 3 aliphatic heterocycles. The Labute approximate surface area is 192 Å². The van der Waals surface area contributed by atoms with Gasteiger partial charge in [-0.05, 0) is 30.4 Å². The molecule has 0 bridgehead atoms. The number of anilines is 1.